The van der Waals surface area contributed by atoms with Crippen LogP contribution in [0.5, 0.6) is 0 Å². The van der Waals surface area contributed by atoms with Gasteiger partial charge in [0.1, 0.15) is 5.76 Å². The quantitative estimate of drug-likeness (QED) is 0.417. The van der Waals surface area contributed by atoms with Gasteiger partial charge in [-0.2, -0.15) is 0 Å². The smallest absolute Gasteiger partial charge is 0.255 e. The fourth-order valence-corrected chi connectivity index (χ4v) is 3.88. The van der Waals surface area contributed by atoms with Crippen molar-refractivity contribution in [2.75, 3.05) is 12.3 Å². The highest BCUT2D eigenvalue weighted by Crippen LogP contribution is 2.21. The highest BCUT2D eigenvalue weighted by Gasteiger charge is 2.15. The lowest BCUT2D eigenvalue weighted by atomic mass is 10.0. The molecule has 2 aromatic carbocycles. The van der Waals surface area contributed by atoms with Crippen molar-refractivity contribution in [1.82, 2.24) is 14.9 Å². The summed E-state index contributed by atoms with van der Waals surface area (Å²) in [4.78, 5) is 17.4. The zero-order chi connectivity index (χ0) is 22.3. The van der Waals surface area contributed by atoms with Gasteiger partial charge in [-0.25, -0.2) is 4.98 Å². The molecule has 0 amide bonds. The Morgan fingerprint density at radius 2 is 1.88 bits per heavy atom. The highest BCUT2D eigenvalue weighted by molar-refractivity contribution is 5.58. The number of benzene rings is 2. The maximum Gasteiger partial charge on any atom is 0.255 e. The van der Waals surface area contributed by atoms with Crippen molar-refractivity contribution in [3.8, 4) is 11.3 Å². The van der Waals surface area contributed by atoms with Gasteiger partial charge in [-0.15, -0.1) is 0 Å². The zero-order valence-corrected chi connectivity index (χ0v) is 18.2. The number of nitrogens with two attached hydrogens (primary N) is 1. The van der Waals surface area contributed by atoms with Crippen molar-refractivity contribution >= 4 is 5.95 Å². The Bertz CT molecular complexity index is 1200. The molecule has 0 aliphatic carbocycles. The summed E-state index contributed by atoms with van der Waals surface area (Å²) in [6.07, 6.45) is 3.06. The number of likely N-dealkylation sites (N-methyl/N-ethyl adjacent to an activating group) is 1. The van der Waals surface area contributed by atoms with Crippen LogP contribution in [0.25, 0.3) is 11.3 Å². The molecular weight excluding hydrogens is 400 g/mol. The minimum atomic E-state index is -0.129. The van der Waals surface area contributed by atoms with E-state index >= 15 is 0 Å². The van der Waals surface area contributed by atoms with Crippen molar-refractivity contribution in [3.63, 3.8) is 0 Å². The molecule has 0 fully saturated rings. The van der Waals surface area contributed by atoms with E-state index in [1.165, 1.54) is 0 Å². The first-order valence-corrected chi connectivity index (χ1v) is 10.9. The summed E-state index contributed by atoms with van der Waals surface area (Å²) in [5.41, 5.74) is 10.1. The van der Waals surface area contributed by atoms with Gasteiger partial charge < -0.3 is 15.5 Å². The van der Waals surface area contributed by atoms with Crippen molar-refractivity contribution in [2.24, 2.45) is 0 Å². The van der Waals surface area contributed by atoms with Crippen molar-refractivity contribution < 1.29 is 4.42 Å². The molecule has 3 N–H and O–H groups in total. The average molecular weight is 429 g/mol. The van der Waals surface area contributed by atoms with Crippen LogP contribution in [0.15, 0.2) is 88.3 Å². The van der Waals surface area contributed by atoms with E-state index in [4.69, 9.17) is 10.2 Å². The molecule has 0 saturated carbocycles. The first-order valence-electron chi connectivity index (χ1n) is 10.9. The molecule has 164 valence electrons. The predicted molar refractivity (Wildman–Crippen MR) is 127 cm³/mol. The van der Waals surface area contributed by atoms with Crippen LogP contribution in [-0.4, -0.2) is 16.1 Å². The van der Waals surface area contributed by atoms with Gasteiger partial charge in [0.25, 0.3) is 5.56 Å². The van der Waals surface area contributed by atoms with Gasteiger partial charge in [0.05, 0.1) is 18.0 Å². The third kappa shape index (κ3) is 5.15. The number of nitrogens with one attached hydrogen (secondary N) is 1. The largest absolute Gasteiger partial charge is 0.464 e. The van der Waals surface area contributed by atoms with Gasteiger partial charge in [0, 0.05) is 18.2 Å². The van der Waals surface area contributed by atoms with E-state index in [9.17, 15) is 4.79 Å². The van der Waals surface area contributed by atoms with Gasteiger partial charge in [0.2, 0.25) is 5.95 Å². The predicted octanol–water partition coefficient (Wildman–Crippen LogP) is 4.22. The molecule has 1 unspecified atom stereocenters. The Morgan fingerprint density at radius 1 is 1.03 bits per heavy atom. The Balaban J connectivity index is 1.48. The maximum atomic E-state index is 12.9. The number of rotatable bonds is 9. The van der Waals surface area contributed by atoms with Gasteiger partial charge in [-0.3, -0.25) is 9.36 Å². The molecule has 0 bridgehead atoms. The molecule has 6 nitrogen and oxygen atoms in total. The molecule has 2 aromatic heterocycles. The third-order valence-corrected chi connectivity index (χ3v) is 5.51. The molecule has 4 rings (SSSR count). The van der Waals surface area contributed by atoms with E-state index in [0.717, 1.165) is 35.4 Å². The highest BCUT2D eigenvalue weighted by atomic mass is 16.3. The van der Waals surface area contributed by atoms with Crippen LogP contribution in [0, 0.1) is 0 Å². The fourth-order valence-electron chi connectivity index (χ4n) is 3.88. The normalized spacial score (nSPS) is 12.0. The molecule has 0 saturated heterocycles. The monoisotopic (exact) mass is 428 g/mol. The zero-order valence-electron chi connectivity index (χ0n) is 18.2. The van der Waals surface area contributed by atoms with E-state index in [1.807, 2.05) is 61.5 Å². The summed E-state index contributed by atoms with van der Waals surface area (Å²) in [7, 11) is 0. The fraction of sp³-hybridized carbons (Fsp3) is 0.231. The van der Waals surface area contributed by atoms with Crippen LogP contribution < -0.4 is 16.6 Å². The average Bonchev–Trinajstić information content (AvgIpc) is 3.35. The van der Waals surface area contributed by atoms with Gasteiger partial charge in [0.15, 0.2) is 0 Å². The van der Waals surface area contributed by atoms with E-state index < -0.39 is 0 Å². The number of furan rings is 1. The van der Waals surface area contributed by atoms with Crippen LogP contribution in [0.1, 0.15) is 29.8 Å². The molecule has 32 heavy (non-hydrogen) atoms. The first-order chi connectivity index (χ1) is 15.6. The standard InChI is InChI=1S/C26H28N4O2/c1-2-28-23(20-9-4-3-5-10-20)18-30-25(31)17-22(29-26(30)27)14-13-19-8-6-11-21(16-19)24-12-7-15-32-24/h3-12,15-17,23,28H,2,13-14,18H2,1H3,(H2,27,29). The SMILES string of the molecule is CCNC(Cn1c(N)nc(CCc2cccc(-c3ccco3)c2)cc1=O)c1ccccc1. The second-order valence-electron chi connectivity index (χ2n) is 7.75. The summed E-state index contributed by atoms with van der Waals surface area (Å²) in [6.45, 7) is 3.27. The van der Waals surface area contributed by atoms with Crippen molar-refractivity contribution in [3.05, 3.63) is 106 Å². The van der Waals surface area contributed by atoms with Gasteiger partial charge in [-0.05, 0) is 48.7 Å². The molecule has 0 radical (unpaired) electrons. The van der Waals surface area contributed by atoms with E-state index in [0.29, 0.717) is 18.7 Å². The Kier molecular flexibility index (Phi) is 6.82. The number of aryl methyl sites for hydroxylation is 2. The van der Waals surface area contributed by atoms with E-state index in [-0.39, 0.29) is 17.5 Å². The van der Waals surface area contributed by atoms with E-state index in [2.05, 4.69) is 22.4 Å². The first kappa shape index (κ1) is 21.6. The third-order valence-electron chi connectivity index (χ3n) is 5.51. The number of hydrogen-bond donors (Lipinski definition) is 2. The van der Waals surface area contributed by atoms with Gasteiger partial charge in [-0.1, -0.05) is 55.5 Å². The number of nitrogens with zero attached hydrogens (tertiary/aromatic N) is 2. The maximum absolute atomic E-state index is 12.9. The molecule has 0 aliphatic rings. The molecule has 6 heteroatoms. The Morgan fingerprint density at radius 3 is 2.59 bits per heavy atom. The number of hydrogen-bond acceptors (Lipinski definition) is 5. The Labute approximate surface area is 187 Å². The minimum Gasteiger partial charge on any atom is -0.464 e. The summed E-state index contributed by atoms with van der Waals surface area (Å²) in [5.74, 6) is 1.08. The summed E-state index contributed by atoms with van der Waals surface area (Å²) in [6, 6.07) is 23.7. The van der Waals surface area contributed by atoms with E-state index in [1.54, 1.807) is 16.9 Å². The van der Waals surface area contributed by atoms with Crippen LogP contribution in [-0.2, 0) is 19.4 Å². The molecule has 2 heterocycles. The van der Waals surface area contributed by atoms with Crippen molar-refractivity contribution in [2.45, 2.75) is 32.4 Å². The van der Waals surface area contributed by atoms with Crippen LogP contribution in [0.4, 0.5) is 5.95 Å². The number of nitrogen functional groups attached to an aromatic ring is 1. The summed E-state index contributed by atoms with van der Waals surface area (Å²) in [5, 5.41) is 3.43. The van der Waals surface area contributed by atoms with Crippen LogP contribution in [0.3, 0.4) is 0 Å². The number of aromatic nitrogens is 2. The van der Waals surface area contributed by atoms with Crippen LogP contribution >= 0.6 is 0 Å². The van der Waals surface area contributed by atoms with Crippen LogP contribution in [0.2, 0.25) is 0 Å². The second kappa shape index (κ2) is 10.1. The summed E-state index contributed by atoms with van der Waals surface area (Å²) >= 11 is 0. The minimum absolute atomic E-state index is 0.0156. The molecular formula is C26H28N4O2. The molecule has 0 spiro atoms. The molecule has 4 aromatic rings. The second-order valence-corrected chi connectivity index (χ2v) is 7.75. The summed E-state index contributed by atoms with van der Waals surface area (Å²) < 4.78 is 7.03. The topological polar surface area (TPSA) is 86.1 Å². The Hall–Kier alpha value is -3.64. The molecule has 0 aliphatic heterocycles. The van der Waals surface area contributed by atoms with Gasteiger partial charge >= 0.3 is 0 Å². The molecule has 1 atom stereocenters. The van der Waals surface area contributed by atoms with Crippen molar-refractivity contribution in [1.29, 1.82) is 0 Å². The lowest BCUT2D eigenvalue weighted by Crippen LogP contribution is -2.32. The lowest BCUT2D eigenvalue weighted by Gasteiger charge is -2.20. The number of anilines is 1. The lowest BCUT2D eigenvalue weighted by molar-refractivity contribution is 0.467.